The Balaban J connectivity index is 1.46. The number of nitrogens with zero attached hydrogens (tertiary/aromatic N) is 6. The number of imidazole rings is 1. The van der Waals surface area contributed by atoms with Crippen LogP contribution in [0.5, 0.6) is 0 Å². The highest BCUT2D eigenvalue weighted by Gasteiger charge is 2.31. The van der Waals surface area contributed by atoms with E-state index in [1.807, 2.05) is 17.0 Å². The highest BCUT2D eigenvalue weighted by Crippen LogP contribution is 2.31. The quantitative estimate of drug-likeness (QED) is 0.621. The molecule has 0 saturated carbocycles. The molecular formula is C17H16Cl2N6O2S. The number of hydrogen-bond donors (Lipinski definition) is 0. The maximum Gasteiger partial charge on any atom is 0.244 e. The maximum atomic E-state index is 12.9. The minimum atomic E-state index is -3.71. The van der Waals surface area contributed by atoms with Gasteiger partial charge in [0.05, 0.1) is 10.0 Å². The largest absolute Gasteiger partial charge is 0.352 e. The monoisotopic (exact) mass is 438 g/mol. The van der Waals surface area contributed by atoms with Crippen molar-refractivity contribution in [2.24, 2.45) is 0 Å². The van der Waals surface area contributed by atoms with Gasteiger partial charge < -0.3 is 4.90 Å². The summed E-state index contributed by atoms with van der Waals surface area (Å²) < 4.78 is 29.0. The second-order valence-corrected chi connectivity index (χ2v) is 8.85. The standard InChI is InChI=1S/C17H16Cl2N6O2S/c18-13-2-1-3-14(17(13)19)28(26,27)25-10-8-23(9-11-25)15-4-5-16(22-21-15)24-7-6-20-12-24/h1-7,12H,8-11H2. The SMILES string of the molecule is O=S(=O)(c1cccc(Cl)c1Cl)N1CCN(c2ccc(-n3ccnc3)nn2)CC1. The lowest BCUT2D eigenvalue weighted by atomic mass is 10.3. The molecule has 8 nitrogen and oxygen atoms in total. The van der Waals surface area contributed by atoms with Crippen molar-refractivity contribution in [3.8, 4) is 5.82 Å². The molecule has 0 N–H and O–H groups in total. The molecule has 0 radical (unpaired) electrons. The topological polar surface area (TPSA) is 84.2 Å². The minimum Gasteiger partial charge on any atom is -0.352 e. The van der Waals surface area contributed by atoms with Gasteiger partial charge in [-0.2, -0.15) is 4.31 Å². The summed E-state index contributed by atoms with van der Waals surface area (Å²) in [7, 11) is -3.71. The highest BCUT2D eigenvalue weighted by atomic mass is 35.5. The average Bonchev–Trinajstić information content (AvgIpc) is 3.25. The number of piperazine rings is 1. The molecule has 3 aromatic rings. The molecule has 28 heavy (non-hydrogen) atoms. The van der Waals surface area contributed by atoms with E-state index >= 15 is 0 Å². The molecule has 0 spiro atoms. The molecule has 0 amide bonds. The molecule has 3 heterocycles. The van der Waals surface area contributed by atoms with E-state index in [0.717, 1.165) is 0 Å². The van der Waals surface area contributed by atoms with Crippen LogP contribution in [0.3, 0.4) is 0 Å². The Bertz CT molecular complexity index is 1070. The first kappa shape index (κ1) is 19.1. The van der Waals surface area contributed by atoms with Gasteiger partial charge in [0, 0.05) is 38.6 Å². The molecule has 11 heteroatoms. The number of rotatable bonds is 4. The van der Waals surface area contributed by atoms with Crippen LogP contribution in [-0.4, -0.2) is 58.7 Å². The van der Waals surface area contributed by atoms with Crippen LogP contribution in [0.2, 0.25) is 10.0 Å². The summed E-state index contributed by atoms with van der Waals surface area (Å²) in [5, 5.41) is 8.72. The van der Waals surface area contributed by atoms with Gasteiger partial charge in [0.15, 0.2) is 11.6 Å². The molecule has 1 saturated heterocycles. The molecule has 4 rings (SSSR count). The summed E-state index contributed by atoms with van der Waals surface area (Å²) in [6.07, 6.45) is 5.10. The fourth-order valence-electron chi connectivity index (χ4n) is 3.00. The van der Waals surface area contributed by atoms with Gasteiger partial charge in [0.1, 0.15) is 11.2 Å². The van der Waals surface area contributed by atoms with Crippen LogP contribution < -0.4 is 4.90 Å². The van der Waals surface area contributed by atoms with Crippen LogP contribution in [-0.2, 0) is 10.0 Å². The second-order valence-electron chi connectivity index (χ2n) is 6.16. The van der Waals surface area contributed by atoms with Crippen LogP contribution in [0.25, 0.3) is 5.82 Å². The van der Waals surface area contributed by atoms with Crippen LogP contribution in [0.15, 0.2) is 53.9 Å². The number of aromatic nitrogens is 4. The van der Waals surface area contributed by atoms with Crippen LogP contribution >= 0.6 is 23.2 Å². The first-order valence-electron chi connectivity index (χ1n) is 8.48. The van der Waals surface area contributed by atoms with Crippen molar-refractivity contribution in [3.63, 3.8) is 0 Å². The fourth-order valence-corrected chi connectivity index (χ4v) is 5.16. The van der Waals surface area contributed by atoms with Crippen molar-refractivity contribution in [3.05, 3.63) is 59.1 Å². The molecule has 1 aromatic carbocycles. The number of benzene rings is 1. The fraction of sp³-hybridized carbons (Fsp3) is 0.235. The highest BCUT2D eigenvalue weighted by molar-refractivity contribution is 7.89. The van der Waals surface area contributed by atoms with E-state index in [-0.39, 0.29) is 14.9 Å². The third-order valence-electron chi connectivity index (χ3n) is 4.50. The van der Waals surface area contributed by atoms with Gasteiger partial charge in [-0.25, -0.2) is 13.4 Å². The summed E-state index contributed by atoms with van der Waals surface area (Å²) in [4.78, 5) is 6.01. The van der Waals surface area contributed by atoms with Crippen molar-refractivity contribution in [1.82, 2.24) is 24.1 Å². The molecule has 0 unspecified atom stereocenters. The van der Waals surface area contributed by atoms with E-state index in [1.165, 1.54) is 10.4 Å². The first-order chi connectivity index (χ1) is 13.5. The van der Waals surface area contributed by atoms with E-state index in [4.69, 9.17) is 23.2 Å². The summed E-state index contributed by atoms with van der Waals surface area (Å²) >= 11 is 12.1. The Morgan fingerprint density at radius 1 is 0.929 bits per heavy atom. The number of hydrogen-bond acceptors (Lipinski definition) is 6. The van der Waals surface area contributed by atoms with Crippen molar-refractivity contribution in [2.45, 2.75) is 4.90 Å². The lowest BCUT2D eigenvalue weighted by Crippen LogP contribution is -2.49. The van der Waals surface area contributed by atoms with E-state index in [2.05, 4.69) is 15.2 Å². The van der Waals surface area contributed by atoms with E-state index in [0.29, 0.717) is 37.8 Å². The number of sulfonamides is 1. The summed E-state index contributed by atoms with van der Waals surface area (Å²) in [6, 6.07) is 8.32. The van der Waals surface area contributed by atoms with E-state index in [9.17, 15) is 8.42 Å². The molecule has 1 aliphatic heterocycles. The Morgan fingerprint density at radius 3 is 2.29 bits per heavy atom. The minimum absolute atomic E-state index is 0.0274. The van der Waals surface area contributed by atoms with Crippen molar-refractivity contribution in [1.29, 1.82) is 0 Å². The zero-order valence-electron chi connectivity index (χ0n) is 14.6. The zero-order valence-corrected chi connectivity index (χ0v) is 16.9. The van der Waals surface area contributed by atoms with Gasteiger partial charge in [0.25, 0.3) is 0 Å². The molecular weight excluding hydrogens is 423 g/mol. The van der Waals surface area contributed by atoms with Crippen molar-refractivity contribution < 1.29 is 8.42 Å². The van der Waals surface area contributed by atoms with Gasteiger partial charge in [0.2, 0.25) is 10.0 Å². The third kappa shape index (κ3) is 3.58. The molecule has 146 valence electrons. The molecule has 1 fully saturated rings. The van der Waals surface area contributed by atoms with Crippen molar-refractivity contribution >= 4 is 39.0 Å². The third-order valence-corrected chi connectivity index (χ3v) is 7.37. The van der Waals surface area contributed by atoms with Crippen LogP contribution in [0, 0.1) is 0 Å². The summed E-state index contributed by atoms with van der Waals surface area (Å²) in [5.74, 6) is 1.36. The average molecular weight is 439 g/mol. The Morgan fingerprint density at radius 2 is 1.64 bits per heavy atom. The Kier molecular flexibility index (Phi) is 5.24. The first-order valence-corrected chi connectivity index (χ1v) is 10.7. The summed E-state index contributed by atoms with van der Waals surface area (Å²) in [5.41, 5.74) is 0. The van der Waals surface area contributed by atoms with Gasteiger partial charge in [-0.3, -0.25) is 4.57 Å². The van der Waals surface area contributed by atoms with Crippen LogP contribution in [0.4, 0.5) is 5.82 Å². The molecule has 0 bridgehead atoms. The molecule has 2 aromatic heterocycles. The number of anilines is 1. The molecule has 0 aliphatic carbocycles. The van der Waals surface area contributed by atoms with Gasteiger partial charge in [-0.1, -0.05) is 29.3 Å². The van der Waals surface area contributed by atoms with E-state index < -0.39 is 10.0 Å². The smallest absolute Gasteiger partial charge is 0.244 e. The summed E-state index contributed by atoms with van der Waals surface area (Å²) in [6.45, 7) is 1.62. The maximum absolute atomic E-state index is 12.9. The van der Waals surface area contributed by atoms with Gasteiger partial charge >= 0.3 is 0 Å². The lowest BCUT2D eigenvalue weighted by Gasteiger charge is -2.34. The Labute approximate surface area is 172 Å². The lowest BCUT2D eigenvalue weighted by molar-refractivity contribution is 0.383. The normalized spacial score (nSPS) is 15.7. The predicted octanol–water partition coefficient (Wildman–Crippen LogP) is 2.48. The Hall–Kier alpha value is -2.20. The van der Waals surface area contributed by atoms with Crippen LogP contribution in [0.1, 0.15) is 0 Å². The van der Waals surface area contributed by atoms with Gasteiger partial charge in [-0.05, 0) is 24.3 Å². The molecule has 0 atom stereocenters. The van der Waals surface area contributed by atoms with Gasteiger partial charge in [-0.15, -0.1) is 10.2 Å². The number of halogens is 2. The van der Waals surface area contributed by atoms with E-state index in [1.54, 1.807) is 35.4 Å². The van der Waals surface area contributed by atoms with Crippen molar-refractivity contribution in [2.75, 3.05) is 31.1 Å². The second kappa shape index (κ2) is 7.67. The molecule has 1 aliphatic rings. The predicted molar refractivity (Wildman–Crippen MR) is 107 cm³/mol. The zero-order chi connectivity index (χ0) is 19.7.